The van der Waals surface area contributed by atoms with Crippen molar-refractivity contribution in [1.29, 1.82) is 0 Å². The van der Waals surface area contributed by atoms with Gasteiger partial charge in [0.15, 0.2) is 5.76 Å². The third kappa shape index (κ3) is 5.76. The van der Waals surface area contributed by atoms with Crippen molar-refractivity contribution in [2.75, 3.05) is 12.4 Å². The Labute approximate surface area is 178 Å². The molecule has 0 saturated heterocycles. The normalized spacial score (nSPS) is 10.4. The molecular weight excluding hydrogens is 413 g/mol. The number of benzene rings is 2. The zero-order chi connectivity index (χ0) is 20.8. The lowest BCUT2D eigenvalue weighted by Gasteiger charge is -2.19. The van der Waals surface area contributed by atoms with Crippen molar-refractivity contribution in [3.8, 4) is 0 Å². The van der Waals surface area contributed by atoms with Crippen LogP contribution in [0.5, 0.6) is 0 Å². The van der Waals surface area contributed by atoms with E-state index >= 15 is 0 Å². The molecule has 1 aromatic heterocycles. The van der Waals surface area contributed by atoms with Crippen molar-refractivity contribution in [1.82, 2.24) is 10.2 Å². The van der Waals surface area contributed by atoms with Crippen LogP contribution in [0.15, 0.2) is 65.3 Å². The first kappa shape index (κ1) is 20.8. The minimum atomic E-state index is -0.321. The molecule has 0 unspecified atom stereocenters. The Morgan fingerprint density at radius 1 is 1.07 bits per heavy atom. The number of carbonyl (C=O) groups excluding carboxylic acids is 2. The fraction of sp³-hybridized carbons (Fsp3) is 0.143. The molecule has 0 aliphatic rings. The molecule has 0 aliphatic heterocycles. The third-order valence-corrected chi connectivity index (χ3v) is 4.76. The van der Waals surface area contributed by atoms with Gasteiger partial charge in [-0.15, -0.1) is 0 Å². The molecule has 0 aliphatic carbocycles. The number of halogens is 2. The number of nitrogens with one attached hydrogen (secondary N) is 2. The van der Waals surface area contributed by atoms with E-state index in [0.29, 0.717) is 28.8 Å². The number of amides is 3. The molecule has 0 saturated carbocycles. The zero-order valence-electron chi connectivity index (χ0n) is 15.6. The number of anilines is 1. The van der Waals surface area contributed by atoms with Gasteiger partial charge >= 0.3 is 6.03 Å². The molecule has 0 spiro atoms. The molecular formula is C21H19Cl2N3O3. The first-order valence-electron chi connectivity index (χ1n) is 8.79. The number of hydrogen-bond acceptors (Lipinski definition) is 3. The van der Waals surface area contributed by atoms with E-state index in [-0.39, 0.29) is 17.7 Å². The Bertz CT molecular complexity index is 989. The first-order valence-corrected chi connectivity index (χ1v) is 9.54. The number of hydrogen-bond donors (Lipinski definition) is 2. The van der Waals surface area contributed by atoms with E-state index in [1.54, 1.807) is 49.5 Å². The molecule has 3 rings (SSSR count). The molecule has 3 amide bonds. The van der Waals surface area contributed by atoms with Crippen molar-refractivity contribution in [2.24, 2.45) is 0 Å². The summed E-state index contributed by atoms with van der Waals surface area (Å²) < 4.78 is 5.06. The summed E-state index contributed by atoms with van der Waals surface area (Å²) in [6, 6.07) is 15.4. The smallest absolute Gasteiger partial charge is 0.317 e. The summed E-state index contributed by atoms with van der Waals surface area (Å²) in [5, 5.41) is 6.66. The molecule has 0 radical (unpaired) electrons. The highest BCUT2D eigenvalue weighted by molar-refractivity contribution is 6.35. The summed E-state index contributed by atoms with van der Waals surface area (Å²) in [5.41, 5.74) is 2.34. The maximum atomic E-state index is 12.3. The Balaban J connectivity index is 1.50. The highest BCUT2D eigenvalue weighted by Gasteiger charge is 2.12. The minimum absolute atomic E-state index is 0.230. The van der Waals surface area contributed by atoms with Gasteiger partial charge in [-0.2, -0.15) is 0 Å². The minimum Gasteiger partial charge on any atom is -0.459 e. The van der Waals surface area contributed by atoms with Gasteiger partial charge in [-0.25, -0.2) is 4.79 Å². The van der Waals surface area contributed by atoms with Gasteiger partial charge in [0.05, 0.1) is 6.26 Å². The van der Waals surface area contributed by atoms with Crippen molar-refractivity contribution in [3.05, 3.63) is 87.8 Å². The van der Waals surface area contributed by atoms with Crippen LogP contribution < -0.4 is 10.6 Å². The van der Waals surface area contributed by atoms with E-state index in [1.165, 1.54) is 11.2 Å². The van der Waals surface area contributed by atoms with Crippen molar-refractivity contribution < 1.29 is 14.0 Å². The van der Waals surface area contributed by atoms with E-state index in [0.717, 1.165) is 11.1 Å². The molecule has 3 aromatic rings. The summed E-state index contributed by atoms with van der Waals surface area (Å²) in [6.07, 6.45) is 1.44. The quantitative estimate of drug-likeness (QED) is 0.564. The number of carbonyl (C=O) groups is 2. The van der Waals surface area contributed by atoms with Gasteiger partial charge in [0.25, 0.3) is 5.91 Å². The molecule has 6 nitrogen and oxygen atoms in total. The van der Waals surface area contributed by atoms with Crippen LogP contribution in [0.1, 0.15) is 21.7 Å². The van der Waals surface area contributed by atoms with Crippen LogP contribution in [0.25, 0.3) is 0 Å². The Kier molecular flexibility index (Phi) is 6.80. The zero-order valence-corrected chi connectivity index (χ0v) is 17.1. The van der Waals surface area contributed by atoms with Gasteiger partial charge in [0.2, 0.25) is 0 Å². The van der Waals surface area contributed by atoms with E-state index < -0.39 is 0 Å². The Morgan fingerprint density at radius 2 is 1.83 bits per heavy atom. The number of nitrogens with zero attached hydrogens (tertiary/aromatic N) is 1. The average molecular weight is 432 g/mol. The van der Waals surface area contributed by atoms with E-state index in [4.69, 9.17) is 27.6 Å². The highest BCUT2D eigenvalue weighted by Crippen LogP contribution is 2.22. The van der Waals surface area contributed by atoms with Gasteiger partial charge in [-0.1, -0.05) is 41.4 Å². The molecule has 0 atom stereocenters. The van der Waals surface area contributed by atoms with E-state index in [1.807, 2.05) is 12.1 Å². The summed E-state index contributed by atoms with van der Waals surface area (Å²) in [7, 11) is 1.69. The highest BCUT2D eigenvalue weighted by atomic mass is 35.5. The fourth-order valence-corrected chi connectivity index (χ4v) is 3.06. The monoisotopic (exact) mass is 431 g/mol. The van der Waals surface area contributed by atoms with Crippen LogP contribution >= 0.6 is 23.2 Å². The Hall–Kier alpha value is -2.96. The van der Waals surface area contributed by atoms with Crippen LogP contribution in [-0.4, -0.2) is 23.9 Å². The molecule has 150 valence electrons. The molecule has 2 N–H and O–H groups in total. The Morgan fingerprint density at radius 3 is 2.48 bits per heavy atom. The van der Waals surface area contributed by atoms with Gasteiger partial charge in [0.1, 0.15) is 0 Å². The summed E-state index contributed by atoms with van der Waals surface area (Å²) in [6.45, 7) is 0.712. The topological polar surface area (TPSA) is 74.6 Å². The second-order valence-corrected chi connectivity index (χ2v) is 7.22. The lowest BCUT2D eigenvalue weighted by molar-refractivity contribution is 0.0996. The summed E-state index contributed by atoms with van der Waals surface area (Å²) >= 11 is 12.0. The lowest BCUT2D eigenvalue weighted by Crippen LogP contribution is -2.36. The van der Waals surface area contributed by atoms with Gasteiger partial charge in [-0.05, 0) is 47.5 Å². The second-order valence-electron chi connectivity index (χ2n) is 6.38. The SMILES string of the molecule is CN(Cc1ccc(Cl)cc1Cl)C(=O)NCc1ccc(NC(=O)c2ccco2)cc1. The van der Waals surface area contributed by atoms with Gasteiger partial charge in [0, 0.05) is 35.9 Å². The summed E-state index contributed by atoms with van der Waals surface area (Å²) in [5.74, 6) is -0.0799. The van der Waals surface area contributed by atoms with Crippen molar-refractivity contribution in [3.63, 3.8) is 0 Å². The predicted octanol–water partition coefficient (Wildman–Crippen LogP) is 5.18. The maximum Gasteiger partial charge on any atom is 0.317 e. The van der Waals surface area contributed by atoms with Crippen LogP contribution in [0.4, 0.5) is 10.5 Å². The average Bonchev–Trinajstić information content (AvgIpc) is 3.24. The second kappa shape index (κ2) is 9.49. The predicted molar refractivity (Wildman–Crippen MR) is 113 cm³/mol. The standard InChI is InChI=1S/C21H19Cl2N3O3/c1-26(13-15-6-7-16(22)11-18(15)23)21(28)24-12-14-4-8-17(9-5-14)25-20(27)19-3-2-10-29-19/h2-11H,12-13H2,1H3,(H,24,28)(H,25,27). The maximum absolute atomic E-state index is 12.3. The molecule has 8 heteroatoms. The van der Waals surface area contributed by atoms with E-state index in [2.05, 4.69) is 10.6 Å². The molecule has 1 heterocycles. The number of rotatable bonds is 6. The van der Waals surface area contributed by atoms with Crippen LogP contribution in [0.3, 0.4) is 0 Å². The van der Waals surface area contributed by atoms with Crippen molar-refractivity contribution in [2.45, 2.75) is 13.1 Å². The van der Waals surface area contributed by atoms with Gasteiger partial charge in [-0.3, -0.25) is 4.79 Å². The molecule has 0 fully saturated rings. The molecule has 29 heavy (non-hydrogen) atoms. The fourth-order valence-electron chi connectivity index (χ4n) is 2.60. The third-order valence-electron chi connectivity index (χ3n) is 4.17. The lowest BCUT2D eigenvalue weighted by atomic mass is 10.2. The number of furan rings is 1. The summed E-state index contributed by atoms with van der Waals surface area (Å²) in [4.78, 5) is 25.8. The van der Waals surface area contributed by atoms with Crippen LogP contribution in [0.2, 0.25) is 10.0 Å². The van der Waals surface area contributed by atoms with Crippen LogP contribution in [0, 0.1) is 0 Å². The van der Waals surface area contributed by atoms with Crippen molar-refractivity contribution >= 4 is 40.8 Å². The molecule has 0 bridgehead atoms. The molecule has 2 aromatic carbocycles. The first-order chi connectivity index (χ1) is 13.9. The van der Waals surface area contributed by atoms with E-state index in [9.17, 15) is 9.59 Å². The number of urea groups is 1. The van der Waals surface area contributed by atoms with Crippen LogP contribution in [-0.2, 0) is 13.1 Å². The van der Waals surface area contributed by atoms with Gasteiger partial charge < -0.3 is 20.0 Å². The largest absolute Gasteiger partial charge is 0.459 e.